The van der Waals surface area contributed by atoms with Gasteiger partial charge in [-0.15, -0.1) is 0 Å². The Bertz CT molecular complexity index is 608. The van der Waals surface area contributed by atoms with Gasteiger partial charge >= 0.3 is 6.09 Å². The summed E-state index contributed by atoms with van der Waals surface area (Å²) in [7, 11) is 0. The molecule has 2 aliphatic carbocycles. The lowest BCUT2D eigenvalue weighted by molar-refractivity contribution is -0.136. The maximum atomic E-state index is 12.4. The Kier molecular flexibility index (Phi) is 6.14. The van der Waals surface area contributed by atoms with Crippen LogP contribution in [0.2, 0.25) is 0 Å². The monoisotopic (exact) mass is 359 g/mol. The largest absolute Gasteiger partial charge is 0.445 e. The summed E-state index contributed by atoms with van der Waals surface area (Å²) < 4.78 is 5.29. The first kappa shape index (κ1) is 18.7. The van der Waals surface area contributed by atoms with Crippen molar-refractivity contribution in [3.05, 3.63) is 35.9 Å². The van der Waals surface area contributed by atoms with Crippen molar-refractivity contribution in [2.24, 2.45) is 5.73 Å². The molecule has 6 nitrogen and oxygen atoms in total. The SMILES string of the molecule is C[C@H](N)C(=O)N(C1CCC(NC(=O)OCc2ccccc2)CC1)C1CC1. The minimum Gasteiger partial charge on any atom is -0.445 e. The molecule has 2 aliphatic rings. The van der Waals surface area contributed by atoms with E-state index in [0.29, 0.717) is 6.04 Å². The van der Waals surface area contributed by atoms with Gasteiger partial charge in [0.05, 0.1) is 6.04 Å². The number of amides is 2. The molecular weight excluding hydrogens is 330 g/mol. The second-order valence-corrected chi connectivity index (χ2v) is 7.48. The van der Waals surface area contributed by atoms with Crippen LogP contribution >= 0.6 is 0 Å². The third kappa shape index (κ3) is 4.97. The first-order valence-electron chi connectivity index (χ1n) is 9.59. The molecule has 2 saturated carbocycles. The van der Waals surface area contributed by atoms with Gasteiger partial charge in [-0.2, -0.15) is 0 Å². The summed E-state index contributed by atoms with van der Waals surface area (Å²) in [6, 6.07) is 9.93. The van der Waals surface area contributed by atoms with Crippen LogP contribution in [0.15, 0.2) is 30.3 Å². The lowest BCUT2D eigenvalue weighted by atomic mass is 9.89. The molecule has 1 aromatic rings. The Hall–Kier alpha value is -2.08. The molecule has 1 aromatic carbocycles. The van der Waals surface area contributed by atoms with E-state index >= 15 is 0 Å². The normalized spacial score (nSPS) is 23.8. The molecule has 0 spiro atoms. The minimum absolute atomic E-state index is 0.0613. The van der Waals surface area contributed by atoms with Crippen molar-refractivity contribution in [3.63, 3.8) is 0 Å². The van der Waals surface area contributed by atoms with Gasteiger partial charge in [-0.05, 0) is 51.0 Å². The van der Waals surface area contributed by atoms with Gasteiger partial charge in [0.1, 0.15) is 6.61 Å². The van der Waals surface area contributed by atoms with Crippen LogP contribution in [0.3, 0.4) is 0 Å². The topological polar surface area (TPSA) is 84.7 Å². The molecule has 0 radical (unpaired) electrons. The molecule has 3 rings (SSSR count). The Morgan fingerprint density at radius 2 is 1.69 bits per heavy atom. The zero-order valence-electron chi connectivity index (χ0n) is 15.4. The predicted molar refractivity (Wildman–Crippen MR) is 99.3 cm³/mol. The maximum absolute atomic E-state index is 12.4. The molecular formula is C20H29N3O3. The number of ether oxygens (including phenoxy) is 1. The smallest absolute Gasteiger partial charge is 0.407 e. The van der Waals surface area contributed by atoms with Crippen LogP contribution in [0.1, 0.15) is 51.0 Å². The molecule has 0 heterocycles. The molecule has 1 atom stereocenters. The number of nitrogens with one attached hydrogen (secondary N) is 1. The highest BCUT2D eigenvalue weighted by Crippen LogP contribution is 2.34. The lowest BCUT2D eigenvalue weighted by Crippen LogP contribution is -2.51. The van der Waals surface area contributed by atoms with Crippen LogP contribution in [0, 0.1) is 0 Å². The fourth-order valence-corrected chi connectivity index (χ4v) is 3.68. The van der Waals surface area contributed by atoms with Crippen LogP contribution in [0.4, 0.5) is 4.79 Å². The van der Waals surface area contributed by atoms with Crippen molar-refractivity contribution >= 4 is 12.0 Å². The quantitative estimate of drug-likeness (QED) is 0.817. The molecule has 2 amide bonds. The maximum Gasteiger partial charge on any atom is 0.407 e. The number of hydrogen-bond donors (Lipinski definition) is 2. The number of alkyl carbamates (subject to hydrolysis) is 1. The first-order chi connectivity index (χ1) is 12.5. The van der Waals surface area contributed by atoms with E-state index in [4.69, 9.17) is 10.5 Å². The molecule has 6 heteroatoms. The third-order valence-corrected chi connectivity index (χ3v) is 5.21. The van der Waals surface area contributed by atoms with Gasteiger partial charge in [-0.1, -0.05) is 30.3 Å². The fourth-order valence-electron chi connectivity index (χ4n) is 3.68. The highest BCUT2D eigenvalue weighted by atomic mass is 16.5. The summed E-state index contributed by atoms with van der Waals surface area (Å²) in [6.45, 7) is 2.04. The summed E-state index contributed by atoms with van der Waals surface area (Å²) in [5, 5.41) is 2.96. The third-order valence-electron chi connectivity index (χ3n) is 5.21. The number of rotatable bonds is 6. The zero-order valence-corrected chi connectivity index (χ0v) is 15.4. The Balaban J connectivity index is 1.43. The highest BCUT2D eigenvalue weighted by Gasteiger charge is 2.39. The van der Waals surface area contributed by atoms with Crippen molar-refractivity contribution in [1.29, 1.82) is 0 Å². The van der Waals surface area contributed by atoms with Gasteiger partial charge < -0.3 is 20.7 Å². The summed E-state index contributed by atoms with van der Waals surface area (Å²) in [5.74, 6) is 0.0613. The summed E-state index contributed by atoms with van der Waals surface area (Å²) >= 11 is 0. The standard InChI is InChI=1S/C20H29N3O3/c1-14(21)19(24)23(18-11-12-18)17-9-7-16(8-10-17)22-20(25)26-13-15-5-3-2-4-6-15/h2-6,14,16-18H,7-13,21H2,1H3,(H,22,25)/t14-,16?,17?/m0/s1. The molecule has 3 N–H and O–H groups in total. The molecule has 142 valence electrons. The Morgan fingerprint density at radius 1 is 1.12 bits per heavy atom. The van der Waals surface area contributed by atoms with Gasteiger partial charge in [0, 0.05) is 18.1 Å². The molecule has 0 saturated heterocycles. The highest BCUT2D eigenvalue weighted by molar-refractivity contribution is 5.82. The van der Waals surface area contributed by atoms with E-state index in [1.165, 1.54) is 0 Å². The van der Waals surface area contributed by atoms with E-state index in [1.807, 2.05) is 35.2 Å². The van der Waals surface area contributed by atoms with Crippen LogP contribution in [-0.2, 0) is 16.1 Å². The van der Waals surface area contributed by atoms with E-state index in [2.05, 4.69) is 5.32 Å². The molecule has 0 bridgehead atoms. The second-order valence-electron chi connectivity index (χ2n) is 7.48. The van der Waals surface area contributed by atoms with Crippen molar-refractivity contribution in [3.8, 4) is 0 Å². The van der Waals surface area contributed by atoms with E-state index in [1.54, 1.807) is 6.92 Å². The number of nitrogens with zero attached hydrogens (tertiary/aromatic N) is 1. The summed E-state index contributed by atoms with van der Waals surface area (Å²) in [5.41, 5.74) is 6.79. The predicted octanol–water partition coefficient (Wildman–Crippen LogP) is 2.56. The second kappa shape index (κ2) is 8.54. The molecule has 0 aliphatic heterocycles. The molecule has 26 heavy (non-hydrogen) atoms. The van der Waals surface area contributed by atoms with E-state index in [9.17, 15) is 9.59 Å². The van der Waals surface area contributed by atoms with Gasteiger partial charge in [-0.3, -0.25) is 4.79 Å². The van der Waals surface area contributed by atoms with E-state index in [-0.39, 0.29) is 30.7 Å². The van der Waals surface area contributed by atoms with Crippen molar-refractivity contribution in [2.45, 2.75) is 76.2 Å². The number of hydrogen-bond acceptors (Lipinski definition) is 4. The van der Waals surface area contributed by atoms with Crippen LogP contribution in [0.25, 0.3) is 0 Å². The van der Waals surface area contributed by atoms with E-state index < -0.39 is 6.04 Å². The average Bonchev–Trinajstić information content (AvgIpc) is 3.47. The number of benzene rings is 1. The number of nitrogens with two attached hydrogens (primary N) is 1. The summed E-state index contributed by atoms with van der Waals surface area (Å²) in [6.07, 6.45) is 5.33. The van der Waals surface area contributed by atoms with Crippen LogP contribution in [0.5, 0.6) is 0 Å². The van der Waals surface area contributed by atoms with Crippen molar-refractivity contribution in [1.82, 2.24) is 10.2 Å². The Morgan fingerprint density at radius 3 is 2.23 bits per heavy atom. The van der Waals surface area contributed by atoms with Crippen molar-refractivity contribution in [2.75, 3.05) is 0 Å². The fraction of sp³-hybridized carbons (Fsp3) is 0.600. The lowest BCUT2D eigenvalue weighted by Gasteiger charge is -2.38. The van der Waals surface area contributed by atoms with Gasteiger partial charge in [0.15, 0.2) is 0 Å². The van der Waals surface area contributed by atoms with Gasteiger partial charge in [0.2, 0.25) is 5.91 Å². The molecule has 0 unspecified atom stereocenters. The summed E-state index contributed by atoms with van der Waals surface area (Å²) in [4.78, 5) is 26.4. The minimum atomic E-state index is -0.445. The molecule has 0 aromatic heterocycles. The molecule has 2 fully saturated rings. The van der Waals surface area contributed by atoms with Gasteiger partial charge in [0.25, 0.3) is 0 Å². The number of carbonyl (C=O) groups is 2. The average molecular weight is 359 g/mol. The Labute approximate surface area is 155 Å². The van der Waals surface area contributed by atoms with Crippen LogP contribution in [-0.4, -0.2) is 41.1 Å². The first-order valence-corrected chi connectivity index (χ1v) is 9.59. The van der Waals surface area contributed by atoms with Crippen LogP contribution < -0.4 is 11.1 Å². The van der Waals surface area contributed by atoms with Gasteiger partial charge in [-0.25, -0.2) is 4.79 Å². The zero-order chi connectivity index (χ0) is 18.5. The van der Waals surface area contributed by atoms with E-state index in [0.717, 1.165) is 44.1 Å². The van der Waals surface area contributed by atoms with Crippen molar-refractivity contribution < 1.29 is 14.3 Å². The number of carbonyl (C=O) groups excluding carboxylic acids is 2.